The van der Waals surface area contributed by atoms with Gasteiger partial charge in [0.1, 0.15) is 0 Å². The number of ketones is 1. The smallest absolute Gasteiger partial charge is 0.262 e. The maximum atomic E-state index is 13.6. The van der Waals surface area contributed by atoms with Crippen molar-refractivity contribution in [3.63, 3.8) is 0 Å². The zero-order valence-electron chi connectivity index (χ0n) is 21.0. The fourth-order valence-electron chi connectivity index (χ4n) is 3.74. The zero-order valence-corrected chi connectivity index (χ0v) is 22.5. The molecule has 0 aliphatic rings. The SMILES string of the molecule is Cc1ccc(Cn2c(SCC(=O)c3cccc(Cl)c3)nc3cc(C(=O)NCC(C)C)ccc3c2=O)cc1. The monoisotopic (exact) mass is 533 g/mol. The first kappa shape index (κ1) is 26.6. The number of amides is 1. The number of nitrogens with zero attached hydrogens (tertiary/aromatic N) is 2. The Kier molecular flexibility index (Phi) is 8.46. The predicted octanol–water partition coefficient (Wildman–Crippen LogP) is 5.77. The number of benzene rings is 3. The number of rotatable bonds is 9. The zero-order chi connectivity index (χ0) is 26.5. The molecule has 0 spiro atoms. The van der Waals surface area contributed by atoms with Crippen LogP contribution in [0.25, 0.3) is 10.9 Å². The topological polar surface area (TPSA) is 81.1 Å². The molecule has 1 aromatic heterocycles. The van der Waals surface area contributed by atoms with Gasteiger partial charge in [-0.3, -0.25) is 19.0 Å². The Labute approximate surface area is 225 Å². The summed E-state index contributed by atoms with van der Waals surface area (Å²) in [5.41, 5.74) is 3.19. The molecule has 3 aromatic carbocycles. The summed E-state index contributed by atoms with van der Waals surface area (Å²) in [5.74, 6) is 0.0643. The van der Waals surface area contributed by atoms with Crippen LogP contribution in [0.15, 0.2) is 76.7 Å². The van der Waals surface area contributed by atoms with Crippen LogP contribution in [0.1, 0.15) is 45.7 Å². The van der Waals surface area contributed by atoms with Crippen molar-refractivity contribution in [1.29, 1.82) is 0 Å². The first-order valence-electron chi connectivity index (χ1n) is 12.0. The van der Waals surface area contributed by atoms with E-state index < -0.39 is 0 Å². The van der Waals surface area contributed by atoms with Crippen LogP contribution in [0, 0.1) is 12.8 Å². The quantitative estimate of drug-likeness (QED) is 0.168. The Hall–Kier alpha value is -3.42. The molecule has 0 bridgehead atoms. The molecule has 1 amide bonds. The average molecular weight is 534 g/mol. The Morgan fingerprint density at radius 1 is 1.03 bits per heavy atom. The van der Waals surface area contributed by atoms with Crippen molar-refractivity contribution in [2.24, 2.45) is 5.92 Å². The third-order valence-electron chi connectivity index (χ3n) is 5.79. The van der Waals surface area contributed by atoms with E-state index in [9.17, 15) is 14.4 Å². The van der Waals surface area contributed by atoms with E-state index in [1.807, 2.05) is 45.0 Å². The van der Waals surface area contributed by atoms with Crippen LogP contribution in [-0.2, 0) is 6.54 Å². The molecule has 0 saturated heterocycles. The van der Waals surface area contributed by atoms with Crippen molar-refractivity contribution in [3.8, 4) is 0 Å². The molecule has 0 radical (unpaired) electrons. The minimum Gasteiger partial charge on any atom is -0.352 e. The summed E-state index contributed by atoms with van der Waals surface area (Å²) in [6, 6.07) is 19.6. The van der Waals surface area contributed by atoms with Gasteiger partial charge in [-0.25, -0.2) is 4.98 Å². The molecule has 37 heavy (non-hydrogen) atoms. The van der Waals surface area contributed by atoms with E-state index in [1.165, 1.54) is 11.8 Å². The molecule has 6 nitrogen and oxygen atoms in total. The van der Waals surface area contributed by atoms with Gasteiger partial charge in [0.15, 0.2) is 10.9 Å². The summed E-state index contributed by atoms with van der Waals surface area (Å²) < 4.78 is 1.58. The number of aryl methyl sites for hydroxylation is 1. The normalized spacial score (nSPS) is 11.2. The van der Waals surface area contributed by atoms with Crippen LogP contribution in [0.2, 0.25) is 5.02 Å². The third-order valence-corrected chi connectivity index (χ3v) is 7.01. The predicted molar refractivity (Wildman–Crippen MR) is 150 cm³/mol. The lowest BCUT2D eigenvalue weighted by atomic mass is 10.1. The van der Waals surface area contributed by atoms with Crippen LogP contribution in [0.4, 0.5) is 0 Å². The second kappa shape index (κ2) is 11.8. The van der Waals surface area contributed by atoms with E-state index >= 15 is 0 Å². The minimum atomic E-state index is -0.225. The number of hydrogen-bond acceptors (Lipinski definition) is 5. The van der Waals surface area contributed by atoms with E-state index in [-0.39, 0.29) is 23.0 Å². The van der Waals surface area contributed by atoms with Gasteiger partial charge in [-0.05, 0) is 48.7 Å². The summed E-state index contributed by atoms with van der Waals surface area (Å²) in [5, 5.41) is 4.20. The minimum absolute atomic E-state index is 0.0841. The standard InChI is InChI=1S/C29H28ClN3O3S/c1-18(2)15-31-27(35)22-11-12-24-25(14-22)32-29(37-17-26(34)21-5-4-6-23(30)13-21)33(28(24)36)16-20-9-7-19(3)8-10-20/h4-14,18H,15-17H2,1-3H3,(H,31,35). The molecule has 0 atom stereocenters. The van der Waals surface area contributed by atoms with Gasteiger partial charge in [0.2, 0.25) is 0 Å². The second-order valence-corrected chi connectivity index (χ2v) is 10.7. The molecule has 0 aliphatic carbocycles. The summed E-state index contributed by atoms with van der Waals surface area (Å²) in [4.78, 5) is 43.8. The molecule has 4 rings (SSSR count). The molecule has 0 fully saturated rings. The molecule has 1 heterocycles. The summed E-state index contributed by atoms with van der Waals surface area (Å²) in [6.45, 7) is 6.91. The third kappa shape index (κ3) is 6.67. The molecule has 4 aromatic rings. The van der Waals surface area contributed by atoms with E-state index in [0.29, 0.717) is 51.2 Å². The van der Waals surface area contributed by atoms with Gasteiger partial charge < -0.3 is 5.32 Å². The Balaban J connectivity index is 1.71. The number of nitrogens with one attached hydrogen (secondary N) is 1. The number of fused-ring (bicyclic) bond motifs is 1. The number of hydrogen-bond donors (Lipinski definition) is 1. The molecular weight excluding hydrogens is 506 g/mol. The number of aromatic nitrogens is 2. The van der Waals surface area contributed by atoms with Gasteiger partial charge in [0.05, 0.1) is 23.2 Å². The first-order valence-corrected chi connectivity index (χ1v) is 13.4. The summed E-state index contributed by atoms with van der Waals surface area (Å²) in [6.07, 6.45) is 0. The highest BCUT2D eigenvalue weighted by molar-refractivity contribution is 7.99. The van der Waals surface area contributed by atoms with Crippen molar-refractivity contribution < 1.29 is 9.59 Å². The summed E-state index contributed by atoms with van der Waals surface area (Å²) in [7, 11) is 0. The number of carbonyl (C=O) groups excluding carboxylic acids is 2. The number of carbonyl (C=O) groups is 2. The molecule has 190 valence electrons. The van der Waals surface area contributed by atoms with Gasteiger partial charge in [-0.1, -0.05) is 79.2 Å². The molecular formula is C29H28ClN3O3S. The molecule has 8 heteroatoms. The van der Waals surface area contributed by atoms with E-state index in [1.54, 1.807) is 47.0 Å². The Morgan fingerprint density at radius 3 is 2.49 bits per heavy atom. The molecule has 0 unspecified atom stereocenters. The van der Waals surface area contributed by atoms with Crippen LogP contribution >= 0.6 is 23.4 Å². The maximum Gasteiger partial charge on any atom is 0.262 e. The van der Waals surface area contributed by atoms with Gasteiger partial charge >= 0.3 is 0 Å². The van der Waals surface area contributed by atoms with Crippen LogP contribution in [-0.4, -0.2) is 33.5 Å². The fourth-order valence-corrected chi connectivity index (χ4v) is 4.83. The van der Waals surface area contributed by atoms with E-state index in [0.717, 1.165) is 11.1 Å². The molecule has 1 N–H and O–H groups in total. The van der Waals surface area contributed by atoms with Crippen LogP contribution in [0.3, 0.4) is 0 Å². The van der Waals surface area contributed by atoms with Crippen molar-refractivity contribution >= 4 is 46.0 Å². The molecule has 0 aliphatic heterocycles. The van der Waals surface area contributed by atoms with Crippen LogP contribution < -0.4 is 10.9 Å². The molecule has 0 saturated carbocycles. The largest absolute Gasteiger partial charge is 0.352 e. The van der Waals surface area contributed by atoms with Crippen molar-refractivity contribution in [3.05, 3.63) is 104 Å². The average Bonchev–Trinajstić information content (AvgIpc) is 2.88. The lowest BCUT2D eigenvalue weighted by Crippen LogP contribution is -2.28. The van der Waals surface area contributed by atoms with E-state index in [4.69, 9.17) is 16.6 Å². The van der Waals surface area contributed by atoms with Gasteiger partial charge in [-0.2, -0.15) is 0 Å². The lowest BCUT2D eigenvalue weighted by Gasteiger charge is -2.14. The van der Waals surface area contributed by atoms with E-state index in [2.05, 4.69) is 5.32 Å². The van der Waals surface area contributed by atoms with Gasteiger partial charge in [0.25, 0.3) is 11.5 Å². The van der Waals surface area contributed by atoms with Crippen molar-refractivity contribution in [1.82, 2.24) is 14.9 Å². The number of thioether (sulfide) groups is 1. The highest BCUT2D eigenvalue weighted by Crippen LogP contribution is 2.22. The maximum absolute atomic E-state index is 13.6. The fraction of sp³-hybridized carbons (Fsp3) is 0.241. The first-order chi connectivity index (χ1) is 17.7. The second-order valence-electron chi connectivity index (χ2n) is 9.33. The van der Waals surface area contributed by atoms with Gasteiger partial charge in [0, 0.05) is 22.7 Å². The highest BCUT2D eigenvalue weighted by atomic mass is 35.5. The van der Waals surface area contributed by atoms with Gasteiger partial charge in [-0.15, -0.1) is 0 Å². The van der Waals surface area contributed by atoms with Crippen molar-refractivity contribution in [2.45, 2.75) is 32.5 Å². The Bertz CT molecular complexity index is 1510. The van der Waals surface area contributed by atoms with Crippen LogP contribution in [0.5, 0.6) is 0 Å². The highest BCUT2D eigenvalue weighted by Gasteiger charge is 2.17. The summed E-state index contributed by atoms with van der Waals surface area (Å²) >= 11 is 7.24. The lowest BCUT2D eigenvalue weighted by molar-refractivity contribution is 0.0948. The number of Topliss-reactive ketones (excluding diaryl/α,β-unsaturated/α-hetero) is 1. The number of halogens is 1. The Morgan fingerprint density at radius 2 is 1.78 bits per heavy atom. The van der Waals surface area contributed by atoms with Crippen molar-refractivity contribution in [2.75, 3.05) is 12.3 Å².